The van der Waals surface area contributed by atoms with E-state index >= 15 is 0 Å². The van der Waals surface area contributed by atoms with Crippen molar-refractivity contribution in [3.63, 3.8) is 0 Å². The zero-order valence-corrected chi connectivity index (χ0v) is 17.2. The molecule has 136 valence electrons. The Morgan fingerprint density at radius 2 is 1.83 bits per heavy atom. The lowest BCUT2D eigenvalue weighted by Gasteiger charge is -2.30. The van der Waals surface area contributed by atoms with Gasteiger partial charge in [0.1, 0.15) is 7.85 Å². The van der Waals surface area contributed by atoms with E-state index in [4.69, 9.17) is 0 Å². The predicted molar refractivity (Wildman–Crippen MR) is 114 cm³/mol. The summed E-state index contributed by atoms with van der Waals surface area (Å²) >= 11 is 0. The third-order valence-electron chi connectivity index (χ3n) is 4.61. The van der Waals surface area contributed by atoms with Gasteiger partial charge in [-0.3, -0.25) is 0 Å². The number of unbranched alkanes of at least 4 members (excludes halogenated alkanes) is 3. The second kappa shape index (κ2) is 12.4. The largest absolute Gasteiger partial charge is 0.312 e. The molecule has 1 nitrogen and oxygen atoms in total. The lowest BCUT2D eigenvalue weighted by atomic mass is 9.73. The van der Waals surface area contributed by atoms with Crippen LogP contribution in [0.3, 0.4) is 0 Å². The first-order valence-corrected chi connectivity index (χ1v) is 9.66. The summed E-state index contributed by atoms with van der Waals surface area (Å²) < 4.78 is 0. The number of nitrogens with one attached hydrogen (secondary N) is 1. The van der Waals surface area contributed by atoms with Crippen LogP contribution in [0.15, 0.2) is 48.0 Å². The molecule has 0 spiro atoms. The van der Waals surface area contributed by atoms with Crippen molar-refractivity contribution in [3.8, 4) is 0 Å². The lowest BCUT2D eigenvalue weighted by Crippen LogP contribution is -2.26. The summed E-state index contributed by atoms with van der Waals surface area (Å²) in [7, 11) is 2.19. The molecule has 0 fully saturated rings. The molecule has 0 aromatic heterocycles. The van der Waals surface area contributed by atoms with Crippen LogP contribution in [0.2, 0.25) is 0 Å². The average Bonchev–Trinajstić information content (AvgIpc) is 2.50. The number of allylic oxidation sites excluding steroid dienone is 4. The van der Waals surface area contributed by atoms with Gasteiger partial charge < -0.3 is 5.32 Å². The van der Waals surface area contributed by atoms with E-state index in [0.717, 1.165) is 13.1 Å². The van der Waals surface area contributed by atoms with E-state index < -0.39 is 0 Å². The van der Waals surface area contributed by atoms with Crippen LogP contribution in [0, 0.1) is 11.3 Å². The minimum Gasteiger partial charge on any atom is -0.312 e. The Labute approximate surface area is 152 Å². The van der Waals surface area contributed by atoms with Crippen LogP contribution < -0.4 is 5.32 Å². The summed E-state index contributed by atoms with van der Waals surface area (Å²) in [5.41, 5.74) is 4.20. The molecule has 24 heavy (non-hydrogen) atoms. The number of hydrogen-bond acceptors (Lipinski definition) is 1. The molecule has 0 rings (SSSR count). The van der Waals surface area contributed by atoms with Crippen LogP contribution >= 0.6 is 0 Å². The van der Waals surface area contributed by atoms with Crippen LogP contribution in [0.25, 0.3) is 0 Å². The molecular formula is C22H40BN. The van der Waals surface area contributed by atoms with Crippen LogP contribution in [-0.4, -0.2) is 20.9 Å². The zero-order valence-electron chi connectivity index (χ0n) is 17.2. The minimum atomic E-state index is 0.153. The van der Waals surface area contributed by atoms with Crippen molar-refractivity contribution in [1.82, 2.24) is 5.32 Å². The van der Waals surface area contributed by atoms with Crippen molar-refractivity contribution in [3.05, 3.63) is 48.0 Å². The van der Waals surface area contributed by atoms with Gasteiger partial charge in [-0.15, -0.1) is 0 Å². The topological polar surface area (TPSA) is 12.0 Å². The number of hydrogen-bond donors (Lipinski definition) is 1. The van der Waals surface area contributed by atoms with E-state index in [9.17, 15) is 0 Å². The molecule has 0 heterocycles. The molecule has 0 saturated heterocycles. The van der Waals surface area contributed by atoms with E-state index in [-0.39, 0.29) is 5.41 Å². The highest BCUT2D eigenvalue weighted by Gasteiger charge is 2.24. The van der Waals surface area contributed by atoms with Crippen molar-refractivity contribution in [2.45, 2.75) is 66.7 Å². The van der Waals surface area contributed by atoms with Crippen molar-refractivity contribution in [2.24, 2.45) is 11.3 Å². The Hall–Kier alpha value is -1.02. The highest BCUT2D eigenvalue weighted by atomic mass is 14.9. The summed E-state index contributed by atoms with van der Waals surface area (Å²) in [5, 5.41) is 3.61. The van der Waals surface area contributed by atoms with E-state index in [1.807, 2.05) is 6.08 Å². The van der Waals surface area contributed by atoms with Gasteiger partial charge in [-0.1, -0.05) is 97.2 Å². The molecule has 0 aromatic rings. The maximum atomic E-state index is 4.14. The van der Waals surface area contributed by atoms with Crippen molar-refractivity contribution in [1.29, 1.82) is 0 Å². The molecule has 0 radical (unpaired) electrons. The fourth-order valence-corrected chi connectivity index (χ4v) is 3.15. The van der Waals surface area contributed by atoms with E-state index in [2.05, 4.69) is 73.1 Å². The molecule has 0 bridgehead atoms. The standard InChI is InChI=1S/C22H40BN/c1-8-11-12-13-15-22(6,7)20(10-3)19(21(23)14-9-2)17-24-16-18(4)5/h9-10,14,18,24H,2-3,8,11-13,15-17,23H2,1,4-7H3/b20-19+,21-14+. The Bertz CT molecular complexity index is 441. The summed E-state index contributed by atoms with van der Waals surface area (Å²) in [4.78, 5) is 0. The Morgan fingerprint density at radius 1 is 1.17 bits per heavy atom. The van der Waals surface area contributed by atoms with Gasteiger partial charge in [0, 0.05) is 6.54 Å². The highest BCUT2D eigenvalue weighted by Crippen LogP contribution is 2.36. The Morgan fingerprint density at radius 3 is 2.33 bits per heavy atom. The maximum Gasteiger partial charge on any atom is 0.139 e. The normalized spacial score (nSPS) is 13.8. The summed E-state index contributed by atoms with van der Waals surface area (Å²) in [6.07, 6.45) is 12.5. The van der Waals surface area contributed by atoms with Crippen LogP contribution in [0.5, 0.6) is 0 Å². The Kier molecular flexibility index (Phi) is 11.8. The zero-order chi connectivity index (χ0) is 18.6. The van der Waals surface area contributed by atoms with Gasteiger partial charge in [-0.05, 0) is 35.4 Å². The number of rotatable bonds is 13. The average molecular weight is 329 g/mol. The van der Waals surface area contributed by atoms with Crippen molar-refractivity contribution >= 4 is 7.85 Å². The van der Waals surface area contributed by atoms with Gasteiger partial charge in [0.25, 0.3) is 0 Å². The minimum absolute atomic E-state index is 0.153. The fraction of sp³-hybridized carbons (Fsp3) is 0.636. The van der Waals surface area contributed by atoms with Crippen LogP contribution in [-0.2, 0) is 0 Å². The SMILES string of the molecule is BC(=C/C=C)/C(CNCC(C)C)=C(\C=C)C(C)(C)CCCCCC. The van der Waals surface area contributed by atoms with Crippen molar-refractivity contribution in [2.75, 3.05) is 13.1 Å². The molecule has 0 atom stereocenters. The molecular weight excluding hydrogens is 289 g/mol. The summed E-state index contributed by atoms with van der Waals surface area (Å²) in [6, 6.07) is 0. The first-order chi connectivity index (χ1) is 11.3. The predicted octanol–water partition coefficient (Wildman–Crippen LogP) is 5.41. The highest BCUT2D eigenvalue weighted by molar-refractivity contribution is 6.24. The van der Waals surface area contributed by atoms with E-state index in [1.54, 1.807) is 0 Å². The van der Waals surface area contributed by atoms with Gasteiger partial charge in [0.2, 0.25) is 0 Å². The first-order valence-electron chi connectivity index (χ1n) is 9.66. The van der Waals surface area contributed by atoms with Crippen LogP contribution in [0.4, 0.5) is 0 Å². The fourth-order valence-electron chi connectivity index (χ4n) is 3.15. The van der Waals surface area contributed by atoms with Crippen LogP contribution in [0.1, 0.15) is 66.7 Å². The third kappa shape index (κ3) is 8.73. The molecule has 0 aliphatic heterocycles. The summed E-state index contributed by atoms with van der Waals surface area (Å²) in [5.74, 6) is 0.657. The van der Waals surface area contributed by atoms with E-state index in [0.29, 0.717) is 5.92 Å². The smallest absolute Gasteiger partial charge is 0.139 e. The molecule has 0 saturated carbocycles. The Balaban J connectivity index is 5.41. The molecule has 2 heteroatoms. The van der Waals surface area contributed by atoms with E-state index in [1.165, 1.54) is 48.7 Å². The molecule has 0 amide bonds. The monoisotopic (exact) mass is 329 g/mol. The van der Waals surface area contributed by atoms with Gasteiger partial charge in [-0.25, -0.2) is 0 Å². The van der Waals surface area contributed by atoms with Gasteiger partial charge >= 0.3 is 0 Å². The molecule has 1 N–H and O–H groups in total. The third-order valence-corrected chi connectivity index (χ3v) is 4.61. The quantitative estimate of drug-likeness (QED) is 0.270. The second-order valence-corrected chi connectivity index (χ2v) is 7.90. The second-order valence-electron chi connectivity index (χ2n) is 7.90. The first kappa shape index (κ1) is 23.0. The molecule has 0 aliphatic carbocycles. The molecule has 0 aliphatic rings. The summed E-state index contributed by atoms with van der Waals surface area (Å²) in [6.45, 7) is 21.4. The lowest BCUT2D eigenvalue weighted by molar-refractivity contribution is 0.389. The van der Waals surface area contributed by atoms with Gasteiger partial charge in [0.15, 0.2) is 0 Å². The molecule has 0 unspecified atom stereocenters. The van der Waals surface area contributed by atoms with Gasteiger partial charge in [-0.2, -0.15) is 0 Å². The maximum absolute atomic E-state index is 4.14. The van der Waals surface area contributed by atoms with Gasteiger partial charge in [0.05, 0.1) is 0 Å². The molecule has 0 aromatic carbocycles. The van der Waals surface area contributed by atoms with Crippen molar-refractivity contribution < 1.29 is 0 Å².